The highest BCUT2D eigenvalue weighted by atomic mass is 19.1. The molecule has 1 heterocycles. The maximum atomic E-state index is 13.0. The summed E-state index contributed by atoms with van der Waals surface area (Å²) < 4.78 is 18.3. The zero-order valence-electron chi connectivity index (χ0n) is 16.0. The van der Waals surface area contributed by atoms with Gasteiger partial charge in [0.1, 0.15) is 5.82 Å². The molecule has 1 saturated heterocycles. The van der Waals surface area contributed by atoms with Crippen LogP contribution in [0.25, 0.3) is 0 Å². The molecule has 0 spiro atoms. The first-order valence-electron chi connectivity index (χ1n) is 9.31. The van der Waals surface area contributed by atoms with Crippen LogP contribution in [0.2, 0.25) is 0 Å². The van der Waals surface area contributed by atoms with E-state index >= 15 is 0 Å². The van der Waals surface area contributed by atoms with Gasteiger partial charge in [-0.15, -0.1) is 0 Å². The van der Waals surface area contributed by atoms with Gasteiger partial charge in [0.2, 0.25) is 0 Å². The predicted octanol–water partition coefficient (Wildman–Crippen LogP) is 2.38. The van der Waals surface area contributed by atoms with Crippen molar-refractivity contribution >= 4 is 17.8 Å². The number of hydrogen-bond acceptors (Lipinski definition) is 4. The molecule has 1 aliphatic rings. The van der Waals surface area contributed by atoms with Crippen LogP contribution in [-0.2, 0) is 14.3 Å². The Morgan fingerprint density at radius 1 is 1.15 bits per heavy atom. The van der Waals surface area contributed by atoms with Gasteiger partial charge >= 0.3 is 5.97 Å². The average molecular weight is 378 g/mol. The summed E-state index contributed by atoms with van der Waals surface area (Å²) in [6.07, 6.45) is 0.119. The monoisotopic (exact) mass is 378 g/mol. The van der Waals surface area contributed by atoms with Gasteiger partial charge in [-0.3, -0.25) is 14.4 Å². The molecule has 0 bridgehead atoms. The fourth-order valence-corrected chi connectivity index (χ4v) is 2.87. The Kier molecular flexibility index (Phi) is 7.33. The van der Waals surface area contributed by atoms with E-state index in [-0.39, 0.29) is 23.5 Å². The number of carbonyl (C=O) groups is 3. The number of halogens is 1. The number of carbonyl (C=O) groups excluding carboxylic acids is 3. The molecule has 7 heteroatoms. The van der Waals surface area contributed by atoms with Crippen molar-refractivity contribution in [3.05, 3.63) is 35.6 Å². The minimum Gasteiger partial charge on any atom is -0.452 e. The lowest BCUT2D eigenvalue weighted by Gasteiger charge is -2.31. The fraction of sp³-hybridized carbons (Fsp3) is 0.550. The number of rotatable bonds is 6. The summed E-state index contributed by atoms with van der Waals surface area (Å²) in [6.45, 7) is 6.90. The van der Waals surface area contributed by atoms with Gasteiger partial charge in [0.15, 0.2) is 6.10 Å². The van der Waals surface area contributed by atoms with Gasteiger partial charge in [0, 0.05) is 25.2 Å². The molecule has 148 valence electrons. The van der Waals surface area contributed by atoms with E-state index in [9.17, 15) is 18.8 Å². The third kappa shape index (κ3) is 6.05. The van der Waals surface area contributed by atoms with Crippen LogP contribution in [0.1, 0.15) is 44.0 Å². The molecular formula is C20H27FN2O4. The zero-order valence-corrected chi connectivity index (χ0v) is 16.0. The first-order chi connectivity index (χ1) is 12.8. The molecular weight excluding hydrogens is 351 g/mol. The van der Waals surface area contributed by atoms with Crippen molar-refractivity contribution in [3.63, 3.8) is 0 Å². The van der Waals surface area contributed by atoms with Crippen LogP contribution in [0.15, 0.2) is 24.3 Å². The quantitative estimate of drug-likeness (QED) is 0.771. The van der Waals surface area contributed by atoms with E-state index in [0.717, 1.165) is 0 Å². The van der Waals surface area contributed by atoms with Crippen LogP contribution in [0.3, 0.4) is 0 Å². The van der Waals surface area contributed by atoms with Gasteiger partial charge in [-0.05, 0) is 49.9 Å². The lowest BCUT2D eigenvalue weighted by molar-refractivity contribution is -0.160. The van der Waals surface area contributed by atoms with Crippen LogP contribution in [-0.4, -0.2) is 48.4 Å². The number of esters is 1. The number of nitrogens with zero attached hydrogens (tertiary/aromatic N) is 1. The van der Waals surface area contributed by atoms with Gasteiger partial charge in [-0.2, -0.15) is 0 Å². The number of hydrogen-bond donors (Lipinski definition) is 1. The summed E-state index contributed by atoms with van der Waals surface area (Å²) in [4.78, 5) is 38.3. The number of benzene rings is 1. The smallest absolute Gasteiger partial charge is 0.309 e. The minimum absolute atomic E-state index is 0.178. The van der Waals surface area contributed by atoms with Crippen LogP contribution in [0.4, 0.5) is 4.39 Å². The molecule has 0 saturated carbocycles. The van der Waals surface area contributed by atoms with Crippen LogP contribution < -0.4 is 5.32 Å². The van der Waals surface area contributed by atoms with Gasteiger partial charge in [0.05, 0.1) is 5.92 Å². The molecule has 27 heavy (non-hydrogen) atoms. The van der Waals surface area contributed by atoms with Crippen LogP contribution in [0.5, 0.6) is 0 Å². The summed E-state index contributed by atoms with van der Waals surface area (Å²) >= 11 is 0. The third-order valence-corrected chi connectivity index (χ3v) is 4.55. The summed E-state index contributed by atoms with van der Waals surface area (Å²) in [7, 11) is 0. The zero-order chi connectivity index (χ0) is 20.0. The second-order valence-electron chi connectivity index (χ2n) is 7.29. The third-order valence-electron chi connectivity index (χ3n) is 4.55. The SMILES string of the molecule is CC(C)CNC(=O)[C@H](C)OC(=O)C1CCN(C(=O)c2ccc(F)cc2)CC1. The largest absolute Gasteiger partial charge is 0.452 e. The topological polar surface area (TPSA) is 75.7 Å². The molecule has 1 aromatic carbocycles. The molecule has 1 N–H and O–H groups in total. The first kappa shape index (κ1) is 20.9. The highest BCUT2D eigenvalue weighted by Gasteiger charge is 2.30. The number of ether oxygens (including phenoxy) is 1. The second-order valence-corrected chi connectivity index (χ2v) is 7.29. The van der Waals surface area contributed by atoms with E-state index < -0.39 is 12.1 Å². The van der Waals surface area contributed by atoms with Crippen molar-refractivity contribution in [1.29, 1.82) is 0 Å². The highest BCUT2D eigenvalue weighted by Crippen LogP contribution is 2.21. The molecule has 0 aliphatic carbocycles. The molecule has 0 unspecified atom stereocenters. The van der Waals surface area contributed by atoms with Crippen molar-refractivity contribution < 1.29 is 23.5 Å². The number of piperidine rings is 1. The standard InChI is InChI=1S/C20H27FN2O4/c1-13(2)12-22-18(24)14(3)27-20(26)16-8-10-23(11-9-16)19(25)15-4-6-17(21)7-5-15/h4-7,13-14,16H,8-12H2,1-3H3,(H,22,24)/t14-/m0/s1. The van der Waals surface area contributed by atoms with E-state index in [1.807, 2.05) is 13.8 Å². The Morgan fingerprint density at radius 3 is 2.30 bits per heavy atom. The number of likely N-dealkylation sites (tertiary alicyclic amines) is 1. The lowest BCUT2D eigenvalue weighted by Crippen LogP contribution is -2.42. The van der Waals surface area contributed by atoms with E-state index in [4.69, 9.17) is 4.74 Å². The lowest BCUT2D eigenvalue weighted by atomic mass is 9.96. The van der Waals surface area contributed by atoms with E-state index in [2.05, 4.69) is 5.32 Å². The van der Waals surface area contributed by atoms with Crippen molar-refractivity contribution in [1.82, 2.24) is 10.2 Å². The van der Waals surface area contributed by atoms with Crippen LogP contribution in [0, 0.1) is 17.7 Å². The average Bonchev–Trinajstić information content (AvgIpc) is 2.66. The molecule has 6 nitrogen and oxygen atoms in total. The Labute approximate surface area is 159 Å². The predicted molar refractivity (Wildman–Crippen MR) is 98.4 cm³/mol. The van der Waals surface area contributed by atoms with Crippen molar-refractivity contribution in [3.8, 4) is 0 Å². The highest BCUT2D eigenvalue weighted by molar-refractivity contribution is 5.94. The molecule has 1 fully saturated rings. The molecule has 1 aliphatic heterocycles. The molecule has 2 rings (SSSR count). The summed E-state index contributed by atoms with van der Waals surface area (Å²) in [6, 6.07) is 5.41. The Bertz CT molecular complexity index is 667. The number of amides is 2. The minimum atomic E-state index is -0.838. The van der Waals surface area contributed by atoms with Crippen molar-refractivity contribution in [2.75, 3.05) is 19.6 Å². The van der Waals surface area contributed by atoms with Gasteiger partial charge < -0.3 is 15.0 Å². The van der Waals surface area contributed by atoms with Gasteiger partial charge in [-0.25, -0.2) is 4.39 Å². The maximum absolute atomic E-state index is 13.0. The van der Waals surface area contributed by atoms with E-state index in [1.165, 1.54) is 24.3 Å². The summed E-state index contributed by atoms with van der Waals surface area (Å²) in [5.74, 6) is -1.29. The van der Waals surface area contributed by atoms with Gasteiger partial charge in [-0.1, -0.05) is 13.8 Å². The first-order valence-corrected chi connectivity index (χ1v) is 9.31. The molecule has 1 aromatic rings. The molecule has 0 aromatic heterocycles. The number of nitrogens with one attached hydrogen (secondary N) is 1. The molecule has 1 atom stereocenters. The molecule has 0 radical (unpaired) electrons. The van der Waals surface area contributed by atoms with E-state index in [1.54, 1.807) is 11.8 Å². The van der Waals surface area contributed by atoms with E-state index in [0.29, 0.717) is 44.0 Å². The Hall–Kier alpha value is -2.44. The summed E-state index contributed by atoms with van der Waals surface area (Å²) in [5.41, 5.74) is 0.424. The Morgan fingerprint density at radius 2 is 1.74 bits per heavy atom. The van der Waals surface area contributed by atoms with Crippen molar-refractivity contribution in [2.45, 2.75) is 39.7 Å². The van der Waals surface area contributed by atoms with Crippen LogP contribution >= 0.6 is 0 Å². The van der Waals surface area contributed by atoms with Gasteiger partial charge in [0.25, 0.3) is 11.8 Å². The second kappa shape index (κ2) is 9.48. The van der Waals surface area contributed by atoms with Crippen molar-refractivity contribution in [2.24, 2.45) is 11.8 Å². The normalized spacial score (nSPS) is 16.1. The summed E-state index contributed by atoms with van der Waals surface area (Å²) in [5, 5.41) is 2.74. The fourth-order valence-electron chi connectivity index (χ4n) is 2.87. The Balaban J connectivity index is 1.80. The maximum Gasteiger partial charge on any atom is 0.309 e. The molecule has 2 amide bonds.